The molecule has 0 fully saturated rings. The Morgan fingerprint density at radius 1 is 1.38 bits per heavy atom. The molecule has 0 aliphatic carbocycles. The van der Waals surface area contributed by atoms with Gasteiger partial charge in [0.1, 0.15) is 0 Å². The number of rotatable bonds is 6. The molecule has 0 aliphatic heterocycles. The largest absolute Gasteiger partial charge is 0.349 e. The second kappa shape index (κ2) is 7.01. The fourth-order valence-electron chi connectivity index (χ4n) is 1.64. The first-order chi connectivity index (χ1) is 7.77. The van der Waals surface area contributed by atoms with Crippen LogP contribution in [0, 0.1) is 0 Å². The van der Waals surface area contributed by atoms with Crippen LogP contribution < -0.4 is 11.1 Å². The Labute approximate surface area is 97.0 Å². The molecular weight excluding hydrogens is 200 g/mol. The number of nitrogens with two attached hydrogens (primary N) is 1. The molecule has 0 saturated heterocycles. The Morgan fingerprint density at radius 3 is 2.62 bits per heavy atom. The van der Waals surface area contributed by atoms with E-state index in [0.29, 0.717) is 13.0 Å². The Kier molecular flexibility index (Phi) is 5.57. The molecule has 1 unspecified atom stereocenters. The summed E-state index contributed by atoms with van der Waals surface area (Å²) in [5.41, 5.74) is 6.53. The van der Waals surface area contributed by atoms with E-state index in [2.05, 4.69) is 12.2 Å². The maximum absolute atomic E-state index is 11.6. The van der Waals surface area contributed by atoms with Crippen LogP contribution in [0.5, 0.6) is 0 Å². The molecule has 1 rings (SSSR count). The monoisotopic (exact) mass is 220 g/mol. The molecule has 1 aromatic rings. The predicted octanol–water partition coefficient (Wildman–Crippen LogP) is 1.99. The molecule has 0 bridgehead atoms. The number of benzene rings is 1. The molecule has 3 nitrogen and oxygen atoms in total. The Hall–Kier alpha value is -1.35. The normalized spacial score (nSPS) is 12.1. The molecule has 1 aromatic carbocycles. The molecule has 0 heterocycles. The van der Waals surface area contributed by atoms with E-state index in [4.69, 9.17) is 5.73 Å². The van der Waals surface area contributed by atoms with Crippen LogP contribution in [-0.4, -0.2) is 12.5 Å². The van der Waals surface area contributed by atoms with Gasteiger partial charge in [-0.2, -0.15) is 0 Å². The van der Waals surface area contributed by atoms with Gasteiger partial charge in [0, 0.05) is 6.42 Å². The van der Waals surface area contributed by atoms with Gasteiger partial charge < -0.3 is 11.1 Å². The number of nitrogens with one attached hydrogen (secondary N) is 1. The van der Waals surface area contributed by atoms with Crippen molar-refractivity contribution in [2.75, 3.05) is 6.54 Å². The van der Waals surface area contributed by atoms with Gasteiger partial charge in [-0.25, -0.2) is 0 Å². The van der Waals surface area contributed by atoms with Gasteiger partial charge in [-0.1, -0.05) is 37.3 Å². The second-order valence-corrected chi connectivity index (χ2v) is 3.83. The highest BCUT2D eigenvalue weighted by Crippen LogP contribution is 2.15. The molecule has 0 aromatic heterocycles. The maximum atomic E-state index is 11.6. The van der Waals surface area contributed by atoms with Gasteiger partial charge >= 0.3 is 0 Å². The Bertz CT molecular complexity index is 311. The zero-order valence-electron chi connectivity index (χ0n) is 9.78. The van der Waals surface area contributed by atoms with Crippen LogP contribution in [0.3, 0.4) is 0 Å². The van der Waals surface area contributed by atoms with E-state index in [9.17, 15) is 4.79 Å². The summed E-state index contributed by atoms with van der Waals surface area (Å²) in [4.78, 5) is 11.6. The van der Waals surface area contributed by atoms with Gasteiger partial charge in [0.15, 0.2) is 0 Å². The number of carbonyl (C=O) groups excluding carboxylic acids is 1. The van der Waals surface area contributed by atoms with Crippen molar-refractivity contribution in [1.82, 2.24) is 5.32 Å². The molecule has 0 aliphatic rings. The van der Waals surface area contributed by atoms with E-state index >= 15 is 0 Å². The standard InChI is InChI=1S/C13H20N2O/c1-2-12(11-7-4-3-5-8-11)15-13(16)9-6-10-14/h3-5,7-8,12H,2,6,9-10,14H2,1H3,(H,15,16). The zero-order chi connectivity index (χ0) is 11.8. The van der Waals surface area contributed by atoms with Crippen molar-refractivity contribution < 1.29 is 4.79 Å². The third-order valence-corrected chi connectivity index (χ3v) is 2.55. The average Bonchev–Trinajstić information content (AvgIpc) is 2.34. The lowest BCUT2D eigenvalue weighted by atomic mass is 10.0. The van der Waals surface area contributed by atoms with Crippen LogP contribution in [0.2, 0.25) is 0 Å². The lowest BCUT2D eigenvalue weighted by molar-refractivity contribution is -0.121. The summed E-state index contributed by atoms with van der Waals surface area (Å²) in [6.07, 6.45) is 2.16. The van der Waals surface area contributed by atoms with Gasteiger partial charge in [0.05, 0.1) is 6.04 Å². The van der Waals surface area contributed by atoms with Crippen molar-refractivity contribution in [3.8, 4) is 0 Å². The minimum absolute atomic E-state index is 0.0844. The molecule has 1 amide bonds. The van der Waals surface area contributed by atoms with E-state index in [-0.39, 0.29) is 11.9 Å². The quantitative estimate of drug-likeness (QED) is 0.770. The summed E-state index contributed by atoms with van der Waals surface area (Å²) in [5, 5.41) is 3.02. The van der Waals surface area contributed by atoms with E-state index in [1.54, 1.807) is 0 Å². The zero-order valence-corrected chi connectivity index (χ0v) is 9.78. The highest BCUT2D eigenvalue weighted by atomic mass is 16.1. The summed E-state index contributed by atoms with van der Waals surface area (Å²) in [5.74, 6) is 0.0844. The maximum Gasteiger partial charge on any atom is 0.220 e. The fraction of sp³-hybridized carbons (Fsp3) is 0.462. The van der Waals surface area contributed by atoms with Crippen molar-refractivity contribution in [2.24, 2.45) is 5.73 Å². The van der Waals surface area contributed by atoms with Gasteiger partial charge in [-0.3, -0.25) is 4.79 Å². The number of amides is 1. The molecular formula is C13H20N2O. The molecule has 0 spiro atoms. The van der Waals surface area contributed by atoms with E-state index < -0.39 is 0 Å². The minimum atomic E-state index is 0.0844. The molecule has 0 radical (unpaired) electrons. The average molecular weight is 220 g/mol. The van der Waals surface area contributed by atoms with E-state index in [0.717, 1.165) is 18.4 Å². The molecule has 16 heavy (non-hydrogen) atoms. The number of carbonyl (C=O) groups is 1. The van der Waals surface area contributed by atoms with Crippen molar-refractivity contribution in [3.05, 3.63) is 35.9 Å². The van der Waals surface area contributed by atoms with Gasteiger partial charge in [-0.15, -0.1) is 0 Å². The first-order valence-corrected chi connectivity index (χ1v) is 5.82. The Morgan fingerprint density at radius 2 is 2.06 bits per heavy atom. The van der Waals surface area contributed by atoms with E-state index in [1.165, 1.54) is 0 Å². The van der Waals surface area contributed by atoms with Crippen LogP contribution in [0.4, 0.5) is 0 Å². The highest BCUT2D eigenvalue weighted by molar-refractivity contribution is 5.76. The molecule has 3 heteroatoms. The van der Waals surface area contributed by atoms with Crippen LogP contribution >= 0.6 is 0 Å². The van der Waals surface area contributed by atoms with Crippen LogP contribution in [0.25, 0.3) is 0 Å². The summed E-state index contributed by atoms with van der Waals surface area (Å²) in [6, 6.07) is 10.2. The van der Waals surface area contributed by atoms with E-state index in [1.807, 2.05) is 30.3 Å². The third kappa shape index (κ3) is 4.03. The van der Waals surface area contributed by atoms with Crippen LogP contribution in [0.15, 0.2) is 30.3 Å². The van der Waals surface area contributed by atoms with Crippen LogP contribution in [0.1, 0.15) is 37.8 Å². The smallest absolute Gasteiger partial charge is 0.220 e. The SMILES string of the molecule is CCC(NC(=O)CCCN)c1ccccc1. The number of hydrogen-bond donors (Lipinski definition) is 2. The van der Waals surface area contributed by atoms with Gasteiger partial charge in [0.25, 0.3) is 0 Å². The Balaban J connectivity index is 2.52. The summed E-state index contributed by atoms with van der Waals surface area (Å²) in [7, 11) is 0. The number of hydrogen-bond acceptors (Lipinski definition) is 2. The van der Waals surface area contributed by atoms with Crippen molar-refractivity contribution >= 4 is 5.91 Å². The summed E-state index contributed by atoms with van der Waals surface area (Å²) >= 11 is 0. The topological polar surface area (TPSA) is 55.1 Å². The lowest BCUT2D eigenvalue weighted by Crippen LogP contribution is -2.28. The third-order valence-electron chi connectivity index (χ3n) is 2.55. The molecule has 88 valence electrons. The van der Waals surface area contributed by atoms with Gasteiger partial charge in [-0.05, 0) is 24.9 Å². The minimum Gasteiger partial charge on any atom is -0.349 e. The molecule has 3 N–H and O–H groups in total. The lowest BCUT2D eigenvalue weighted by Gasteiger charge is -2.17. The van der Waals surface area contributed by atoms with Crippen LogP contribution in [-0.2, 0) is 4.79 Å². The summed E-state index contributed by atoms with van der Waals surface area (Å²) < 4.78 is 0. The summed E-state index contributed by atoms with van der Waals surface area (Å²) in [6.45, 7) is 2.64. The highest BCUT2D eigenvalue weighted by Gasteiger charge is 2.11. The van der Waals surface area contributed by atoms with Crippen molar-refractivity contribution in [1.29, 1.82) is 0 Å². The van der Waals surface area contributed by atoms with Crippen molar-refractivity contribution in [2.45, 2.75) is 32.2 Å². The molecule has 0 saturated carbocycles. The first kappa shape index (κ1) is 12.7. The molecule has 1 atom stereocenters. The second-order valence-electron chi connectivity index (χ2n) is 3.83. The van der Waals surface area contributed by atoms with Crippen molar-refractivity contribution in [3.63, 3.8) is 0 Å². The fourth-order valence-corrected chi connectivity index (χ4v) is 1.64. The van der Waals surface area contributed by atoms with Gasteiger partial charge in [0.2, 0.25) is 5.91 Å². The predicted molar refractivity (Wildman–Crippen MR) is 65.9 cm³/mol. The first-order valence-electron chi connectivity index (χ1n) is 5.82.